The molecule has 0 amide bonds. The molecule has 0 unspecified atom stereocenters. The molecule has 1 saturated carbocycles. The SMILES string of the molecule is Cc1ccc(CCCN2C[C@@H]3CCC[C@@]3(C(=O)O)C2)cn1. The van der Waals surface area contributed by atoms with Crippen molar-refractivity contribution in [3.63, 3.8) is 0 Å². The van der Waals surface area contributed by atoms with E-state index in [9.17, 15) is 9.90 Å². The van der Waals surface area contributed by atoms with Crippen LogP contribution in [0.15, 0.2) is 18.3 Å². The Bertz CT molecular complexity index is 514. The minimum Gasteiger partial charge on any atom is -0.481 e. The normalized spacial score (nSPS) is 28.7. The highest BCUT2D eigenvalue weighted by atomic mass is 16.4. The zero-order chi connectivity index (χ0) is 14.9. The maximum Gasteiger partial charge on any atom is 0.311 e. The van der Waals surface area contributed by atoms with Gasteiger partial charge in [0.1, 0.15) is 0 Å². The van der Waals surface area contributed by atoms with Crippen LogP contribution in [0.3, 0.4) is 0 Å². The van der Waals surface area contributed by atoms with Gasteiger partial charge >= 0.3 is 5.97 Å². The largest absolute Gasteiger partial charge is 0.481 e. The van der Waals surface area contributed by atoms with Gasteiger partial charge in [0, 0.05) is 25.0 Å². The summed E-state index contributed by atoms with van der Waals surface area (Å²) in [6, 6.07) is 4.19. The summed E-state index contributed by atoms with van der Waals surface area (Å²) in [5.41, 5.74) is 1.88. The van der Waals surface area contributed by atoms with Gasteiger partial charge in [-0.15, -0.1) is 0 Å². The molecule has 0 aromatic carbocycles. The van der Waals surface area contributed by atoms with Crippen LogP contribution in [0.5, 0.6) is 0 Å². The zero-order valence-electron chi connectivity index (χ0n) is 12.7. The molecule has 21 heavy (non-hydrogen) atoms. The first-order valence-electron chi connectivity index (χ1n) is 7.97. The Balaban J connectivity index is 1.51. The summed E-state index contributed by atoms with van der Waals surface area (Å²) in [4.78, 5) is 18.3. The minimum atomic E-state index is -0.574. The number of carboxylic acids is 1. The Morgan fingerprint density at radius 3 is 3.05 bits per heavy atom. The fourth-order valence-corrected chi connectivity index (χ4v) is 4.07. The molecule has 1 N–H and O–H groups in total. The highest BCUT2D eigenvalue weighted by Gasteiger charge is 2.54. The molecule has 4 nitrogen and oxygen atoms in total. The van der Waals surface area contributed by atoms with Crippen LogP contribution in [0, 0.1) is 18.3 Å². The van der Waals surface area contributed by atoms with E-state index in [4.69, 9.17) is 0 Å². The standard InChI is InChI=1S/C17H24N2O2/c1-13-6-7-14(10-18-13)4-3-9-19-11-15-5-2-8-17(15,12-19)16(20)21/h6-7,10,15H,2-5,8-9,11-12H2,1H3,(H,20,21)/t15-,17+/m0/s1. The first kappa shape index (κ1) is 14.5. The first-order valence-corrected chi connectivity index (χ1v) is 7.97. The second-order valence-electron chi connectivity index (χ2n) is 6.70. The summed E-state index contributed by atoms with van der Waals surface area (Å²) in [7, 11) is 0. The van der Waals surface area contributed by atoms with Gasteiger partial charge in [-0.2, -0.15) is 0 Å². The quantitative estimate of drug-likeness (QED) is 0.904. The number of fused-ring (bicyclic) bond motifs is 1. The summed E-state index contributed by atoms with van der Waals surface area (Å²) < 4.78 is 0. The molecular weight excluding hydrogens is 264 g/mol. The van der Waals surface area contributed by atoms with Crippen LogP contribution in [0.2, 0.25) is 0 Å². The van der Waals surface area contributed by atoms with Crippen molar-refractivity contribution in [2.45, 2.75) is 39.0 Å². The van der Waals surface area contributed by atoms with Crippen molar-refractivity contribution in [3.05, 3.63) is 29.6 Å². The molecule has 2 atom stereocenters. The highest BCUT2D eigenvalue weighted by Crippen LogP contribution is 2.48. The van der Waals surface area contributed by atoms with E-state index in [1.165, 1.54) is 5.56 Å². The van der Waals surface area contributed by atoms with Crippen LogP contribution in [0.4, 0.5) is 0 Å². The van der Waals surface area contributed by atoms with E-state index in [0.717, 1.165) is 57.4 Å². The Kier molecular flexibility index (Phi) is 3.98. The number of hydrogen-bond acceptors (Lipinski definition) is 3. The molecule has 114 valence electrons. The number of nitrogens with zero attached hydrogens (tertiary/aromatic N) is 2. The molecule has 3 rings (SSSR count). The van der Waals surface area contributed by atoms with E-state index in [1.54, 1.807) is 0 Å². The smallest absolute Gasteiger partial charge is 0.311 e. The zero-order valence-corrected chi connectivity index (χ0v) is 12.7. The van der Waals surface area contributed by atoms with Gasteiger partial charge in [-0.05, 0) is 56.7 Å². The topological polar surface area (TPSA) is 53.4 Å². The van der Waals surface area contributed by atoms with Gasteiger partial charge in [-0.25, -0.2) is 0 Å². The van der Waals surface area contributed by atoms with Crippen molar-refractivity contribution < 1.29 is 9.90 Å². The summed E-state index contributed by atoms with van der Waals surface area (Å²) >= 11 is 0. The Labute approximate surface area is 126 Å². The second kappa shape index (κ2) is 5.76. The lowest BCUT2D eigenvalue weighted by Crippen LogP contribution is -2.35. The highest BCUT2D eigenvalue weighted by molar-refractivity contribution is 5.76. The van der Waals surface area contributed by atoms with Gasteiger partial charge in [-0.3, -0.25) is 9.78 Å². The maximum atomic E-state index is 11.6. The number of aliphatic carboxylic acids is 1. The Morgan fingerprint density at radius 1 is 1.52 bits per heavy atom. The van der Waals surface area contributed by atoms with Crippen LogP contribution >= 0.6 is 0 Å². The molecule has 1 aromatic heterocycles. The fraction of sp³-hybridized carbons (Fsp3) is 0.647. The van der Waals surface area contributed by atoms with Gasteiger partial charge in [0.05, 0.1) is 5.41 Å². The predicted molar refractivity (Wildman–Crippen MR) is 81.1 cm³/mol. The lowest BCUT2D eigenvalue weighted by Gasteiger charge is -2.23. The average Bonchev–Trinajstić information content (AvgIpc) is 2.98. The fourth-order valence-electron chi connectivity index (χ4n) is 4.07. The van der Waals surface area contributed by atoms with Crippen LogP contribution in [-0.4, -0.2) is 40.6 Å². The van der Waals surface area contributed by atoms with Gasteiger partial charge in [-0.1, -0.05) is 12.5 Å². The Morgan fingerprint density at radius 2 is 2.38 bits per heavy atom. The van der Waals surface area contributed by atoms with Crippen molar-refractivity contribution in [1.82, 2.24) is 9.88 Å². The summed E-state index contributed by atoms with van der Waals surface area (Å²) in [5, 5.41) is 9.59. The second-order valence-corrected chi connectivity index (χ2v) is 6.70. The first-order chi connectivity index (χ1) is 10.1. The third-order valence-corrected chi connectivity index (χ3v) is 5.28. The van der Waals surface area contributed by atoms with E-state index < -0.39 is 11.4 Å². The maximum absolute atomic E-state index is 11.6. The van der Waals surface area contributed by atoms with E-state index in [0.29, 0.717) is 5.92 Å². The molecule has 1 aliphatic carbocycles. The lowest BCUT2D eigenvalue weighted by atomic mass is 9.81. The van der Waals surface area contributed by atoms with Crippen LogP contribution in [-0.2, 0) is 11.2 Å². The third kappa shape index (κ3) is 2.82. The number of likely N-dealkylation sites (tertiary alicyclic amines) is 1. The number of hydrogen-bond donors (Lipinski definition) is 1. The molecule has 1 aromatic rings. The minimum absolute atomic E-state index is 0.371. The molecular formula is C17H24N2O2. The summed E-state index contributed by atoms with van der Waals surface area (Å²) in [6.07, 6.45) is 7.09. The van der Waals surface area contributed by atoms with E-state index in [-0.39, 0.29) is 0 Å². The molecule has 0 bridgehead atoms. The number of rotatable bonds is 5. The number of pyridine rings is 1. The third-order valence-electron chi connectivity index (χ3n) is 5.28. The van der Waals surface area contributed by atoms with E-state index >= 15 is 0 Å². The van der Waals surface area contributed by atoms with Gasteiger partial charge in [0.2, 0.25) is 0 Å². The molecule has 2 heterocycles. The van der Waals surface area contributed by atoms with Crippen molar-refractivity contribution in [1.29, 1.82) is 0 Å². The van der Waals surface area contributed by atoms with E-state index in [1.807, 2.05) is 13.1 Å². The monoisotopic (exact) mass is 288 g/mol. The predicted octanol–water partition coefficient (Wildman–Crippen LogP) is 2.51. The number of carbonyl (C=O) groups is 1. The lowest BCUT2D eigenvalue weighted by molar-refractivity contribution is -0.149. The Hall–Kier alpha value is -1.42. The molecule has 2 fully saturated rings. The van der Waals surface area contributed by atoms with Crippen molar-refractivity contribution >= 4 is 5.97 Å². The molecule has 0 radical (unpaired) electrons. The number of aryl methyl sites for hydroxylation is 2. The van der Waals surface area contributed by atoms with Crippen molar-refractivity contribution in [2.75, 3.05) is 19.6 Å². The van der Waals surface area contributed by atoms with E-state index in [2.05, 4.69) is 22.0 Å². The molecule has 0 spiro atoms. The van der Waals surface area contributed by atoms with Crippen molar-refractivity contribution in [3.8, 4) is 0 Å². The van der Waals surface area contributed by atoms with Crippen LogP contribution < -0.4 is 0 Å². The number of carboxylic acid groups (broad SMARTS) is 1. The van der Waals surface area contributed by atoms with Crippen LogP contribution in [0.1, 0.15) is 36.9 Å². The number of aromatic nitrogens is 1. The molecule has 1 saturated heterocycles. The van der Waals surface area contributed by atoms with Gasteiger partial charge in [0.25, 0.3) is 0 Å². The van der Waals surface area contributed by atoms with Crippen LogP contribution in [0.25, 0.3) is 0 Å². The van der Waals surface area contributed by atoms with Crippen molar-refractivity contribution in [2.24, 2.45) is 11.3 Å². The average molecular weight is 288 g/mol. The molecule has 4 heteroatoms. The summed E-state index contributed by atoms with van der Waals surface area (Å²) in [6.45, 7) is 4.72. The van der Waals surface area contributed by atoms with Gasteiger partial charge in [0.15, 0.2) is 0 Å². The summed E-state index contributed by atoms with van der Waals surface area (Å²) in [5.74, 6) is -0.203. The molecule has 1 aliphatic heterocycles. The van der Waals surface area contributed by atoms with Gasteiger partial charge < -0.3 is 10.0 Å². The molecule has 2 aliphatic rings.